The fourth-order valence-electron chi connectivity index (χ4n) is 3.99. The first kappa shape index (κ1) is 20.7. The Bertz CT molecular complexity index is 1070. The molecule has 0 radical (unpaired) electrons. The third-order valence-electron chi connectivity index (χ3n) is 5.50. The third kappa shape index (κ3) is 4.19. The SMILES string of the molecule is COc1cc2c(cc1OC)C(c1ccccc1)N(C(=O)COc1ccccc1F)CC2. The quantitative estimate of drug-likeness (QED) is 0.592. The van der Waals surface area contributed by atoms with Gasteiger partial charge in [0.1, 0.15) is 0 Å². The number of nitrogens with zero attached hydrogens (tertiary/aromatic N) is 1. The Morgan fingerprint density at radius 2 is 1.65 bits per heavy atom. The van der Waals surface area contributed by atoms with E-state index in [1.165, 1.54) is 12.1 Å². The molecule has 1 amide bonds. The van der Waals surface area contributed by atoms with Crippen LogP contribution >= 0.6 is 0 Å². The van der Waals surface area contributed by atoms with Crippen molar-refractivity contribution < 1.29 is 23.4 Å². The Hall–Kier alpha value is -3.54. The van der Waals surface area contributed by atoms with Crippen LogP contribution in [0.3, 0.4) is 0 Å². The summed E-state index contributed by atoms with van der Waals surface area (Å²) in [5.74, 6) is 0.638. The average Bonchev–Trinajstić information content (AvgIpc) is 2.82. The molecule has 6 heteroatoms. The number of hydrogen-bond donors (Lipinski definition) is 0. The zero-order valence-corrected chi connectivity index (χ0v) is 17.5. The van der Waals surface area contributed by atoms with E-state index in [2.05, 4.69) is 0 Å². The van der Waals surface area contributed by atoms with E-state index in [0.717, 1.165) is 16.7 Å². The topological polar surface area (TPSA) is 48.0 Å². The summed E-state index contributed by atoms with van der Waals surface area (Å²) in [5, 5.41) is 0. The Morgan fingerprint density at radius 1 is 0.968 bits per heavy atom. The van der Waals surface area contributed by atoms with Crippen LogP contribution in [0.25, 0.3) is 0 Å². The number of ether oxygens (including phenoxy) is 3. The highest BCUT2D eigenvalue weighted by Crippen LogP contribution is 2.41. The molecule has 4 rings (SSSR count). The molecule has 0 spiro atoms. The number of hydrogen-bond acceptors (Lipinski definition) is 4. The summed E-state index contributed by atoms with van der Waals surface area (Å²) in [4.78, 5) is 15.0. The molecule has 0 N–H and O–H groups in total. The Kier molecular flexibility index (Phi) is 6.07. The van der Waals surface area contributed by atoms with Crippen molar-refractivity contribution in [3.8, 4) is 17.2 Å². The molecular formula is C25H24FNO4. The standard InChI is InChI=1S/C25H24FNO4/c1-29-22-14-18-12-13-27(24(28)16-31-21-11-7-6-10-20(21)26)25(17-8-4-3-5-9-17)19(18)15-23(22)30-2/h3-11,14-15,25H,12-13,16H2,1-2H3. The molecule has 1 aliphatic rings. The Balaban J connectivity index is 1.68. The maximum atomic E-state index is 13.9. The lowest BCUT2D eigenvalue weighted by molar-refractivity contribution is -0.135. The van der Waals surface area contributed by atoms with Crippen LogP contribution in [-0.4, -0.2) is 38.2 Å². The van der Waals surface area contributed by atoms with Gasteiger partial charge >= 0.3 is 0 Å². The summed E-state index contributed by atoms with van der Waals surface area (Å²) in [7, 11) is 3.20. The second-order valence-electron chi connectivity index (χ2n) is 7.28. The lowest BCUT2D eigenvalue weighted by Crippen LogP contribution is -2.43. The van der Waals surface area contributed by atoms with Gasteiger partial charge in [-0.25, -0.2) is 4.39 Å². The van der Waals surface area contributed by atoms with Gasteiger partial charge in [0, 0.05) is 6.54 Å². The van der Waals surface area contributed by atoms with Crippen molar-refractivity contribution in [2.75, 3.05) is 27.4 Å². The molecule has 1 unspecified atom stereocenters. The van der Waals surface area contributed by atoms with Gasteiger partial charge in [-0.1, -0.05) is 42.5 Å². The molecule has 3 aromatic rings. The van der Waals surface area contributed by atoms with Gasteiger partial charge in [-0.05, 0) is 47.4 Å². The van der Waals surface area contributed by atoms with Gasteiger partial charge in [0.15, 0.2) is 29.7 Å². The highest BCUT2D eigenvalue weighted by molar-refractivity contribution is 5.79. The largest absolute Gasteiger partial charge is 0.493 e. The molecule has 3 aromatic carbocycles. The lowest BCUT2D eigenvalue weighted by Gasteiger charge is -2.38. The van der Waals surface area contributed by atoms with Gasteiger partial charge < -0.3 is 19.1 Å². The first-order chi connectivity index (χ1) is 15.1. The Morgan fingerprint density at radius 3 is 2.35 bits per heavy atom. The molecule has 160 valence electrons. The van der Waals surface area contributed by atoms with Crippen LogP contribution in [0.4, 0.5) is 4.39 Å². The molecule has 1 heterocycles. The smallest absolute Gasteiger partial charge is 0.261 e. The van der Waals surface area contributed by atoms with E-state index in [1.807, 2.05) is 42.5 Å². The number of rotatable bonds is 6. The van der Waals surface area contributed by atoms with Crippen LogP contribution < -0.4 is 14.2 Å². The van der Waals surface area contributed by atoms with Gasteiger partial charge in [-0.15, -0.1) is 0 Å². The van der Waals surface area contributed by atoms with E-state index in [1.54, 1.807) is 31.3 Å². The molecule has 0 bridgehead atoms. The first-order valence-corrected chi connectivity index (χ1v) is 10.1. The van der Waals surface area contributed by atoms with Gasteiger partial charge in [-0.2, -0.15) is 0 Å². The van der Waals surface area contributed by atoms with Crippen LogP contribution in [0.1, 0.15) is 22.7 Å². The number of fused-ring (bicyclic) bond motifs is 1. The molecule has 31 heavy (non-hydrogen) atoms. The summed E-state index contributed by atoms with van der Waals surface area (Å²) in [6, 6.07) is 19.5. The molecule has 0 saturated carbocycles. The minimum absolute atomic E-state index is 0.0657. The predicted molar refractivity (Wildman–Crippen MR) is 115 cm³/mol. The molecule has 1 aliphatic heterocycles. The summed E-state index contributed by atoms with van der Waals surface area (Å²) in [6.45, 7) is 0.272. The maximum Gasteiger partial charge on any atom is 0.261 e. The van der Waals surface area contributed by atoms with Crippen molar-refractivity contribution in [3.63, 3.8) is 0 Å². The number of carbonyl (C=O) groups excluding carboxylic acids is 1. The lowest BCUT2D eigenvalue weighted by atomic mass is 9.87. The van der Waals surface area contributed by atoms with E-state index in [-0.39, 0.29) is 24.3 Å². The molecule has 5 nitrogen and oxygen atoms in total. The van der Waals surface area contributed by atoms with Crippen LogP contribution in [-0.2, 0) is 11.2 Å². The van der Waals surface area contributed by atoms with Crippen molar-refractivity contribution >= 4 is 5.91 Å². The van der Waals surface area contributed by atoms with Gasteiger partial charge in [-0.3, -0.25) is 4.79 Å². The van der Waals surface area contributed by atoms with Gasteiger partial charge in [0.05, 0.1) is 20.3 Å². The number of methoxy groups -OCH3 is 2. The van der Waals surface area contributed by atoms with Crippen LogP contribution in [0.5, 0.6) is 17.2 Å². The maximum absolute atomic E-state index is 13.9. The fourth-order valence-corrected chi connectivity index (χ4v) is 3.99. The van der Waals surface area contributed by atoms with Gasteiger partial charge in [0.25, 0.3) is 5.91 Å². The van der Waals surface area contributed by atoms with E-state index in [4.69, 9.17) is 14.2 Å². The van der Waals surface area contributed by atoms with Crippen molar-refractivity contribution in [1.82, 2.24) is 4.90 Å². The Labute approximate surface area is 181 Å². The number of amides is 1. The number of carbonyl (C=O) groups is 1. The molecule has 0 fully saturated rings. The molecule has 0 saturated heterocycles. The molecule has 1 atom stereocenters. The minimum atomic E-state index is -0.490. The van der Waals surface area contributed by atoms with Crippen LogP contribution in [0.15, 0.2) is 66.7 Å². The van der Waals surface area contributed by atoms with E-state index in [9.17, 15) is 9.18 Å². The highest BCUT2D eigenvalue weighted by atomic mass is 19.1. The van der Waals surface area contributed by atoms with E-state index >= 15 is 0 Å². The van der Waals surface area contributed by atoms with Crippen LogP contribution in [0.2, 0.25) is 0 Å². The molecule has 0 aromatic heterocycles. The predicted octanol–water partition coefficient (Wildman–Crippen LogP) is 4.40. The number of halogens is 1. The second kappa shape index (κ2) is 9.08. The average molecular weight is 421 g/mol. The molecule has 0 aliphatic carbocycles. The zero-order valence-electron chi connectivity index (χ0n) is 17.5. The van der Waals surface area contributed by atoms with Gasteiger partial charge in [0.2, 0.25) is 0 Å². The minimum Gasteiger partial charge on any atom is -0.493 e. The third-order valence-corrected chi connectivity index (χ3v) is 5.50. The van der Waals surface area contributed by atoms with Crippen molar-refractivity contribution in [1.29, 1.82) is 0 Å². The van der Waals surface area contributed by atoms with Crippen molar-refractivity contribution in [3.05, 3.63) is 89.2 Å². The summed E-state index contributed by atoms with van der Waals surface area (Å²) in [6.07, 6.45) is 0.671. The van der Waals surface area contributed by atoms with Crippen molar-refractivity contribution in [2.24, 2.45) is 0 Å². The molecular weight excluding hydrogens is 397 g/mol. The van der Waals surface area contributed by atoms with Crippen molar-refractivity contribution in [2.45, 2.75) is 12.5 Å². The van der Waals surface area contributed by atoms with E-state index < -0.39 is 5.82 Å². The summed E-state index contributed by atoms with van der Waals surface area (Å²) in [5.41, 5.74) is 3.06. The summed E-state index contributed by atoms with van der Waals surface area (Å²) >= 11 is 0. The summed E-state index contributed by atoms with van der Waals surface area (Å²) < 4.78 is 30.4. The number of para-hydroxylation sites is 1. The number of benzene rings is 3. The highest BCUT2D eigenvalue weighted by Gasteiger charge is 2.33. The second-order valence-corrected chi connectivity index (χ2v) is 7.28. The monoisotopic (exact) mass is 421 g/mol. The fraction of sp³-hybridized carbons (Fsp3) is 0.240. The van der Waals surface area contributed by atoms with Crippen LogP contribution in [0, 0.1) is 5.82 Å². The first-order valence-electron chi connectivity index (χ1n) is 10.1. The normalized spacial score (nSPS) is 15.2. The zero-order chi connectivity index (χ0) is 21.8. The van der Waals surface area contributed by atoms with E-state index in [0.29, 0.717) is 24.5 Å².